The molecule has 0 amide bonds. The van der Waals surface area contributed by atoms with E-state index in [1.165, 1.54) is 0 Å². The van der Waals surface area contributed by atoms with Crippen LogP contribution < -0.4 is 0 Å². The highest BCUT2D eigenvalue weighted by Gasteiger charge is 2.14. The first-order chi connectivity index (χ1) is 5.79. The summed E-state index contributed by atoms with van der Waals surface area (Å²) in [5.41, 5.74) is 1.98. The van der Waals surface area contributed by atoms with Crippen molar-refractivity contribution in [2.24, 2.45) is 4.99 Å². The molecule has 0 aliphatic carbocycles. The normalized spacial score (nSPS) is 13.0. The molecule has 3 heteroatoms. The van der Waals surface area contributed by atoms with Crippen LogP contribution in [0.2, 0.25) is 0 Å². The Balaban J connectivity index is 2.60. The maximum atomic E-state index is 10.7. The fourth-order valence-electron chi connectivity index (χ4n) is 1.35. The summed E-state index contributed by atoms with van der Waals surface area (Å²) in [6, 6.07) is 5.14. The first kappa shape index (κ1) is 7.03. The molecule has 1 aromatic rings. The molecular weight excluding hydrogens is 154 g/mol. The Kier molecular flexibility index (Phi) is 1.43. The van der Waals surface area contributed by atoms with Gasteiger partial charge in [0.15, 0.2) is 0 Å². The molecule has 1 aromatic carbocycles. The average molecular weight is 161 g/mol. The summed E-state index contributed by atoms with van der Waals surface area (Å²) in [6.45, 7) is 0. The first-order valence-corrected chi connectivity index (χ1v) is 3.67. The Morgan fingerprint density at radius 3 is 3.08 bits per heavy atom. The van der Waals surface area contributed by atoms with Crippen LogP contribution in [0.4, 0.5) is 5.69 Å². The molecule has 0 fully saturated rings. The summed E-state index contributed by atoms with van der Waals surface area (Å²) in [5.74, 6) is -0.877. The van der Waals surface area contributed by atoms with E-state index < -0.39 is 5.97 Å². The Morgan fingerprint density at radius 1 is 1.50 bits per heavy atom. The summed E-state index contributed by atoms with van der Waals surface area (Å²) in [7, 11) is 0. The monoisotopic (exact) mass is 161 g/mol. The van der Waals surface area contributed by atoms with Gasteiger partial charge in [-0.15, -0.1) is 0 Å². The van der Waals surface area contributed by atoms with Gasteiger partial charge in [-0.3, -0.25) is 4.99 Å². The van der Waals surface area contributed by atoms with E-state index in [0.29, 0.717) is 12.0 Å². The number of hydrogen-bond acceptors (Lipinski definition) is 2. The number of carboxylic acid groups (broad SMARTS) is 1. The lowest BCUT2D eigenvalue weighted by molar-refractivity contribution is 0.0696. The fraction of sp³-hybridized carbons (Fsp3) is 0.111. The number of hydrogen-bond donors (Lipinski definition) is 1. The van der Waals surface area contributed by atoms with E-state index in [2.05, 4.69) is 4.99 Å². The van der Waals surface area contributed by atoms with Crippen LogP contribution in [0.25, 0.3) is 0 Å². The number of carboxylic acids is 1. The molecule has 1 N–H and O–H groups in total. The van der Waals surface area contributed by atoms with Gasteiger partial charge in [-0.25, -0.2) is 4.79 Å². The van der Waals surface area contributed by atoms with Crippen LogP contribution in [-0.4, -0.2) is 17.3 Å². The quantitative estimate of drug-likeness (QED) is 0.680. The third-order valence-electron chi connectivity index (χ3n) is 1.91. The molecule has 2 rings (SSSR count). The topological polar surface area (TPSA) is 49.7 Å². The average Bonchev–Trinajstić information content (AvgIpc) is 2.49. The van der Waals surface area contributed by atoms with E-state index in [1.54, 1.807) is 18.3 Å². The largest absolute Gasteiger partial charge is 0.478 e. The van der Waals surface area contributed by atoms with E-state index in [0.717, 1.165) is 11.3 Å². The molecule has 0 saturated carbocycles. The van der Waals surface area contributed by atoms with Gasteiger partial charge in [0.05, 0.1) is 11.3 Å². The minimum Gasteiger partial charge on any atom is -0.478 e. The third-order valence-corrected chi connectivity index (χ3v) is 1.91. The van der Waals surface area contributed by atoms with Crippen molar-refractivity contribution in [3.05, 3.63) is 29.3 Å². The van der Waals surface area contributed by atoms with Crippen LogP contribution in [0.5, 0.6) is 0 Å². The molecule has 0 aromatic heterocycles. The molecule has 0 bridgehead atoms. The van der Waals surface area contributed by atoms with E-state index in [-0.39, 0.29) is 0 Å². The zero-order valence-electron chi connectivity index (χ0n) is 6.32. The fourth-order valence-corrected chi connectivity index (χ4v) is 1.35. The van der Waals surface area contributed by atoms with E-state index in [1.807, 2.05) is 6.07 Å². The lowest BCUT2D eigenvalue weighted by Crippen LogP contribution is -2.00. The van der Waals surface area contributed by atoms with Gasteiger partial charge in [-0.1, -0.05) is 6.07 Å². The summed E-state index contributed by atoms with van der Waals surface area (Å²) in [4.78, 5) is 14.8. The third kappa shape index (κ3) is 0.906. The number of aliphatic imine (C=N–C) groups is 1. The van der Waals surface area contributed by atoms with Gasteiger partial charge in [-0.2, -0.15) is 0 Å². The highest BCUT2D eigenvalue weighted by molar-refractivity contribution is 5.94. The predicted octanol–water partition coefficient (Wildman–Crippen LogP) is 1.64. The van der Waals surface area contributed by atoms with E-state index in [4.69, 9.17) is 5.11 Å². The molecular formula is C9H7NO2. The van der Waals surface area contributed by atoms with E-state index in [9.17, 15) is 4.79 Å². The summed E-state index contributed by atoms with van der Waals surface area (Å²) in [5, 5.41) is 8.79. The molecule has 12 heavy (non-hydrogen) atoms. The highest BCUT2D eigenvalue weighted by Crippen LogP contribution is 2.26. The van der Waals surface area contributed by atoms with Crippen molar-refractivity contribution in [3.63, 3.8) is 0 Å². The van der Waals surface area contributed by atoms with Crippen molar-refractivity contribution in [1.82, 2.24) is 0 Å². The Morgan fingerprint density at radius 2 is 2.33 bits per heavy atom. The van der Waals surface area contributed by atoms with Gasteiger partial charge in [-0.05, 0) is 17.7 Å². The lowest BCUT2D eigenvalue weighted by atomic mass is 10.1. The molecule has 1 aliphatic heterocycles. The number of rotatable bonds is 1. The van der Waals surface area contributed by atoms with Crippen LogP contribution in [0, 0.1) is 0 Å². The van der Waals surface area contributed by atoms with Crippen molar-refractivity contribution in [3.8, 4) is 0 Å². The van der Waals surface area contributed by atoms with Crippen LogP contribution >= 0.6 is 0 Å². The molecule has 0 unspecified atom stereocenters. The molecule has 0 spiro atoms. The molecule has 0 atom stereocenters. The van der Waals surface area contributed by atoms with Gasteiger partial charge in [0.25, 0.3) is 0 Å². The molecule has 0 saturated heterocycles. The summed E-state index contributed by atoms with van der Waals surface area (Å²) < 4.78 is 0. The lowest BCUT2D eigenvalue weighted by Gasteiger charge is -2.00. The standard InChI is InChI=1S/C9H7NO2/c11-9(12)7-2-1-3-8-6(7)4-5-10-8/h1-3,5H,4H2,(H,11,12). The molecule has 1 heterocycles. The number of fused-ring (bicyclic) bond motifs is 1. The van der Waals surface area contributed by atoms with Crippen LogP contribution in [0.1, 0.15) is 15.9 Å². The second-order valence-electron chi connectivity index (χ2n) is 2.62. The highest BCUT2D eigenvalue weighted by atomic mass is 16.4. The Labute approximate surface area is 69.4 Å². The van der Waals surface area contributed by atoms with Crippen molar-refractivity contribution < 1.29 is 9.90 Å². The van der Waals surface area contributed by atoms with Gasteiger partial charge < -0.3 is 5.11 Å². The van der Waals surface area contributed by atoms with Gasteiger partial charge in [0.2, 0.25) is 0 Å². The minimum atomic E-state index is -0.877. The van der Waals surface area contributed by atoms with Gasteiger partial charge in [0, 0.05) is 12.6 Å². The molecule has 3 nitrogen and oxygen atoms in total. The van der Waals surface area contributed by atoms with E-state index >= 15 is 0 Å². The number of aromatic carboxylic acids is 1. The maximum Gasteiger partial charge on any atom is 0.336 e. The van der Waals surface area contributed by atoms with Crippen molar-refractivity contribution in [2.45, 2.75) is 6.42 Å². The first-order valence-electron chi connectivity index (χ1n) is 3.67. The smallest absolute Gasteiger partial charge is 0.336 e. The Hall–Kier alpha value is -1.64. The predicted molar refractivity (Wildman–Crippen MR) is 45.3 cm³/mol. The second-order valence-corrected chi connectivity index (χ2v) is 2.62. The minimum absolute atomic E-state index is 0.366. The number of carbonyl (C=O) groups is 1. The number of nitrogens with zero attached hydrogens (tertiary/aromatic N) is 1. The van der Waals surface area contributed by atoms with Crippen LogP contribution in [0.15, 0.2) is 23.2 Å². The van der Waals surface area contributed by atoms with Crippen molar-refractivity contribution in [1.29, 1.82) is 0 Å². The van der Waals surface area contributed by atoms with Gasteiger partial charge in [0.1, 0.15) is 0 Å². The van der Waals surface area contributed by atoms with Crippen molar-refractivity contribution in [2.75, 3.05) is 0 Å². The second kappa shape index (κ2) is 2.44. The molecule has 1 aliphatic rings. The summed E-state index contributed by atoms with van der Waals surface area (Å²) >= 11 is 0. The maximum absolute atomic E-state index is 10.7. The zero-order chi connectivity index (χ0) is 8.55. The SMILES string of the molecule is O=C(O)c1cccc2c1CC=N2. The Bertz CT molecular complexity index is 369. The van der Waals surface area contributed by atoms with Gasteiger partial charge >= 0.3 is 5.97 Å². The molecule has 60 valence electrons. The van der Waals surface area contributed by atoms with Crippen LogP contribution in [0.3, 0.4) is 0 Å². The number of benzene rings is 1. The molecule has 0 radical (unpaired) electrons. The van der Waals surface area contributed by atoms with Crippen LogP contribution in [-0.2, 0) is 6.42 Å². The summed E-state index contributed by atoms with van der Waals surface area (Å²) in [6.07, 6.45) is 2.37. The van der Waals surface area contributed by atoms with Crippen molar-refractivity contribution >= 4 is 17.9 Å². The zero-order valence-corrected chi connectivity index (χ0v) is 6.32.